The van der Waals surface area contributed by atoms with E-state index in [0.717, 1.165) is 35.3 Å². The summed E-state index contributed by atoms with van der Waals surface area (Å²) in [6, 6.07) is 18.9. The molecule has 0 bridgehead atoms. The molecule has 3 heterocycles. The summed E-state index contributed by atoms with van der Waals surface area (Å²) in [6.07, 6.45) is 4.79. The normalized spacial score (nSPS) is 15.4. The Kier molecular flexibility index (Phi) is 5.65. The molecule has 1 aliphatic heterocycles. The molecule has 2 aromatic heterocycles. The molecule has 0 saturated carbocycles. The number of carbonyl (C=O) groups is 2. The number of hydrogen-bond acceptors (Lipinski definition) is 6. The first-order chi connectivity index (χ1) is 16.5. The fraction of sp³-hybridized carbons (Fsp3) is 0.154. The van der Waals surface area contributed by atoms with E-state index < -0.39 is 17.9 Å². The summed E-state index contributed by atoms with van der Waals surface area (Å²) in [5.41, 5.74) is 7.76. The van der Waals surface area contributed by atoms with E-state index in [2.05, 4.69) is 15.4 Å². The maximum absolute atomic E-state index is 12.3. The number of carboxylic acid groups (broad SMARTS) is 1. The highest BCUT2D eigenvalue weighted by Crippen LogP contribution is 2.30. The second-order valence-corrected chi connectivity index (χ2v) is 8.24. The second-order valence-electron chi connectivity index (χ2n) is 8.24. The highest BCUT2D eigenvalue weighted by atomic mass is 16.4. The van der Waals surface area contributed by atoms with E-state index in [1.54, 1.807) is 24.5 Å². The number of nitrogen functional groups attached to an aromatic ring is 1. The molecule has 5 rings (SSSR count). The summed E-state index contributed by atoms with van der Waals surface area (Å²) >= 11 is 0. The summed E-state index contributed by atoms with van der Waals surface area (Å²) in [6.45, 7) is 0.754. The number of benzene rings is 2. The van der Waals surface area contributed by atoms with E-state index >= 15 is 0 Å². The van der Waals surface area contributed by atoms with E-state index in [1.807, 2.05) is 53.4 Å². The number of hydrogen-bond donors (Lipinski definition) is 3. The van der Waals surface area contributed by atoms with Crippen molar-refractivity contribution in [2.45, 2.75) is 18.9 Å². The predicted molar refractivity (Wildman–Crippen MR) is 130 cm³/mol. The molecule has 1 unspecified atom stereocenters. The van der Waals surface area contributed by atoms with Crippen LogP contribution in [0.5, 0.6) is 0 Å². The summed E-state index contributed by atoms with van der Waals surface area (Å²) in [5, 5.41) is 10.1. The Hall–Kier alpha value is -4.30. The van der Waals surface area contributed by atoms with Gasteiger partial charge < -0.3 is 10.0 Å². The summed E-state index contributed by atoms with van der Waals surface area (Å²) in [4.78, 5) is 34.5. The van der Waals surface area contributed by atoms with Gasteiger partial charge in [-0.15, -0.1) is 0 Å². The number of anilines is 1. The monoisotopic (exact) mass is 453 g/mol. The average Bonchev–Trinajstić information content (AvgIpc) is 3.38. The smallest absolute Gasteiger partial charge is 0.326 e. The lowest BCUT2D eigenvalue weighted by molar-refractivity contribution is -0.138. The molecule has 8 nitrogen and oxygen atoms in total. The first-order valence-corrected chi connectivity index (χ1v) is 11.0. The molecule has 0 aliphatic carbocycles. The lowest BCUT2D eigenvalue weighted by Crippen LogP contribution is -2.35. The third kappa shape index (κ3) is 3.95. The average molecular weight is 454 g/mol. The van der Waals surface area contributed by atoms with Crippen molar-refractivity contribution in [3.05, 3.63) is 78.6 Å². The SMILES string of the molecule is NNC(=O)c1cc(-c2ccc(-c3ccc(N4CCCC4C(=O)O)cc3)cc2)nc2ccncc12. The van der Waals surface area contributed by atoms with Gasteiger partial charge in [0.25, 0.3) is 5.91 Å². The van der Waals surface area contributed by atoms with Crippen LogP contribution in [-0.2, 0) is 4.79 Å². The largest absolute Gasteiger partial charge is 0.480 e. The predicted octanol–water partition coefficient (Wildman–Crippen LogP) is 3.62. The zero-order valence-corrected chi connectivity index (χ0v) is 18.3. The van der Waals surface area contributed by atoms with Crippen LogP contribution >= 0.6 is 0 Å². The molecule has 4 aromatic rings. The highest BCUT2D eigenvalue weighted by molar-refractivity contribution is 6.06. The first kappa shape index (κ1) is 21.5. The van der Waals surface area contributed by atoms with Crippen LogP contribution in [0, 0.1) is 0 Å². The molecule has 8 heteroatoms. The lowest BCUT2D eigenvalue weighted by atomic mass is 10.0. The van der Waals surface area contributed by atoms with Crippen molar-refractivity contribution in [3.63, 3.8) is 0 Å². The van der Waals surface area contributed by atoms with E-state index in [4.69, 9.17) is 5.84 Å². The molecule has 1 amide bonds. The van der Waals surface area contributed by atoms with Gasteiger partial charge in [-0.25, -0.2) is 15.6 Å². The van der Waals surface area contributed by atoms with Crippen LogP contribution in [0.3, 0.4) is 0 Å². The Bertz CT molecular complexity index is 1370. The minimum absolute atomic E-state index is 0.401. The van der Waals surface area contributed by atoms with Crippen molar-refractivity contribution in [2.24, 2.45) is 5.84 Å². The van der Waals surface area contributed by atoms with Crippen molar-refractivity contribution >= 4 is 28.5 Å². The van der Waals surface area contributed by atoms with Gasteiger partial charge in [-0.2, -0.15) is 0 Å². The standard InChI is InChI=1S/C26H23N5O3/c27-30-25(32)20-14-23(29-22-11-12-28-15-21(20)22)18-5-3-16(4-6-18)17-7-9-19(10-8-17)31-13-1-2-24(31)26(33)34/h3-12,14-15,24H,1-2,13,27H2,(H,30,32)(H,33,34). The molecule has 1 aliphatic rings. The first-order valence-electron chi connectivity index (χ1n) is 11.0. The van der Waals surface area contributed by atoms with E-state index in [-0.39, 0.29) is 0 Å². The molecule has 0 spiro atoms. The number of carbonyl (C=O) groups excluding carboxylic acids is 1. The topological polar surface area (TPSA) is 121 Å². The molecule has 34 heavy (non-hydrogen) atoms. The van der Waals surface area contributed by atoms with Gasteiger partial charge in [0.2, 0.25) is 0 Å². The Balaban J connectivity index is 1.43. The van der Waals surface area contributed by atoms with Gasteiger partial charge in [0.15, 0.2) is 0 Å². The number of hydrazine groups is 1. The fourth-order valence-electron chi connectivity index (χ4n) is 4.49. The van der Waals surface area contributed by atoms with E-state index in [1.165, 1.54) is 0 Å². The Morgan fingerprint density at radius 1 is 1.00 bits per heavy atom. The highest BCUT2D eigenvalue weighted by Gasteiger charge is 2.30. The molecule has 2 aromatic carbocycles. The number of nitrogens with two attached hydrogens (primary N) is 1. The molecule has 1 atom stereocenters. The van der Waals surface area contributed by atoms with Crippen molar-refractivity contribution in [2.75, 3.05) is 11.4 Å². The second kappa shape index (κ2) is 8.92. The number of aliphatic carboxylic acids is 1. The number of pyridine rings is 2. The van der Waals surface area contributed by atoms with Gasteiger partial charge in [-0.3, -0.25) is 15.2 Å². The van der Waals surface area contributed by atoms with Crippen molar-refractivity contribution < 1.29 is 14.7 Å². The lowest BCUT2D eigenvalue weighted by Gasteiger charge is -2.23. The van der Waals surface area contributed by atoms with Crippen LogP contribution in [0.2, 0.25) is 0 Å². The number of nitrogens with zero attached hydrogens (tertiary/aromatic N) is 3. The van der Waals surface area contributed by atoms with Crippen LogP contribution in [0.1, 0.15) is 23.2 Å². The third-order valence-corrected chi connectivity index (χ3v) is 6.24. The van der Waals surface area contributed by atoms with Crippen LogP contribution in [0.4, 0.5) is 5.69 Å². The maximum Gasteiger partial charge on any atom is 0.326 e. The number of fused-ring (bicyclic) bond motifs is 1. The van der Waals surface area contributed by atoms with Gasteiger partial charge in [-0.05, 0) is 48.2 Å². The molecule has 1 saturated heterocycles. The van der Waals surface area contributed by atoms with Crippen molar-refractivity contribution in [1.82, 2.24) is 15.4 Å². The van der Waals surface area contributed by atoms with Crippen LogP contribution in [-0.4, -0.2) is 39.5 Å². The minimum Gasteiger partial charge on any atom is -0.480 e. The number of nitrogens with one attached hydrogen (secondary N) is 1. The van der Waals surface area contributed by atoms with Gasteiger partial charge in [-0.1, -0.05) is 36.4 Å². The van der Waals surface area contributed by atoms with Crippen LogP contribution < -0.4 is 16.2 Å². The number of amides is 1. The van der Waals surface area contributed by atoms with Gasteiger partial charge in [0.05, 0.1) is 16.8 Å². The molecule has 0 radical (unpaired) electrons. The Labute approximate surface area is 196 Å². The Morgan fingerprint density at radius 3 is 2.35 bits per heavy atom. The van der Waals surface area contributed by atoms with E-state index in [0.29, 0.717) is 28.6 Å². The van der Waals surface area contributed by atoms with Gasteiger partial charge >= 0.3 is 5.97 Å². The van der Waals surface area contributed by atoms with Crippen molar-refractivity contribution in [1.29, 1.82) is 0 Å². The van der Waals surface area contributed by atoms with Crippen molar-refractivity contribution in [3.8, 4) is 22.4 Å². The molecule has 1 fully saturated rings. The quantitative estimate of drug-likeness (QED) is 0.240. The Morgan fingerprint density at radius 2 is 1.68 bits per heavy atom. The molecule has 170 valence electrons. The zero-order valence-electron chi connectivity index (χ0n) is 18.3. The molecule has 4 N–H and O–H groups in total. The summed E-state index contributed by atoms with van der Waals surface area (Å²) in [7, 11) is 0. The van der Waals surface area contributed by atoms with Gasteiger partial charge in [0.1, 0.15) is 6.04 Å². The summed E-state index contributed by atoms with van der Waals surface area (Å²) in [5.74, 6) is 4.19. The number of aromatic nitrogens is 2. The number of rotatable bonds is 5. The summed E-state index contributed by atoms with van der Waals surface area (Å²) < 4.78 is 0. The van der Waals surface area contributed by atoms with Gasteiger partial charge in [0, 0.05) is 35.6 Å². The third-order valence-electron chi connectivity index (χ3n) is 6.24. The van der Waals surface area contributed by atoms with Crippen LogP contribution in [0.15, 0.2) is 73.1 Å². The maximum atomic E-state index is 12.3. The van der Waals surface area contributed by atoms with E-state index in [9.17, 15) is 14.7 Å². The fourth-order valence-corrected chi connectivity index (χ4v) is 4.49. The van der Waals surface area contributed by atoms with Crippen LogP contribution in [0.25, 0.3) is 33.3 Å². The molecular formula is C26H23N5O3. The molecular weight excluding hydrogens is 430 g/mol. The minimum atomic E-state index is -0.775. The zero-order chi connectivity index (χ0) is 23.7. The number of carboxylic acids is 1.